The second kappa shape index (κ2) is 7.17. The van der Waals surface area contributed by atoms with Crippen molar-refractivity contribution >= 4 is 5.91 Å². The van der Waals surface area contributed by atoms with Crippen LogP contribution in [0.5, 0.6) is 0 Å². The monoisotopic (exact) mass is 303 g/mol. The summed E-state index contributed by atoms with van der Waals surface area (Å²) in [4.78, 5) is 16.1. The number of aliphatic hydroxyl groups excluding tert-OH is 1. The first-order valence-electron chi connectivity index (χ1n) is 7.32. The van der Waals surface area contributed by atoms with Crippen molar-refractivity contribution in [3.63, 3.8) is 0 Å². The number of carbonyl (C=O) groups excluding carboxylic acids is 1. The molecule has 0 aliphatic rings. The molecular formula is C16H21N3O3. The van der Waals surface area contributed by atoms with Crippen LogP contribution in [0.4, 0.5) is 0 Å². The van der Waals surface area contributed by atoms with E-state index in [4.69, 9.17) is 4.52 Å². The average Bonchev–Trinajstić information content (AvgIpc) is 2.91. The number of nitrogens with one attached hydrogen (secondary N) is 1. The minimum atomic E-state index is -0.524. The molecule has 0 radical (unpaired) electrons. The maximum absolute atomic E-state index is 12.0. The van der Waals surface area contributed by atoms with Gasteiger partial charge in [-0.3, -0.25) is 4.79 Å². The van der Waals surface area contributed by atoms with E-state index in [1.54, 1.807) is 31.2 Å². The maximum atomic E-state index is 12.0. The van der Waals surface area contributed by atoms with Gasteiger partial charge in [-0.25, -0.2) is 0 Å². The molecule has 22 heavy (non-hydrogen) atoms. The summed E-state index contributed by atoms with van der Waals surface area (Å²) in [6, 6.07) is 6.90. The summed E-state index contributed by atoms with van der Waals surface area (Å²) in [6.07, 6.45) is 0.139. The zero-order chi connectivity index (χ0) is 16.1. The fraction of sp³-hybridized carbons (Fsp3) is 0.438. The summed E-state index contributed by atoms with van der Waals surface area (Å²) in [5.74, 6) is 1.17. The summed E-state index contributed by atoms with van der Waals surface area (Å²) in [6.45, 7) is 6.06. The third kappa shape index (κ3) is 4.39. The van der Waals surface area contributed by atoms with E-state index in [9.17, 15) is 9.90 Å². The molecule has 1 amide bonds. The zero-order valence-electron chi connectivity index (χ0n) is 13.0. The van der Waals surface area contributed by atoms with Crippen LogP contribution in [0.15, 0.2) is 28.8 Å². The topological polar surface area (TPSA) is 88.2 Å². The van der Waals surface area contributed by atoms with Crippen LogP contribution >= 0.6 is 0 Å². The third-order valence-electron chi connectivity index (χ3n) is 3.16. The van der Waals surface area contributed by atoms with Gasteiger partial charge in [-0.1, -0.05) is 19.0 Å². The fourth-order valence-electron chi connectivity index (χ4n) is 2.12. The Balaban J connectivity index is 1.94. The molecule has 0 saturated carbocycles. The molecule has 0 aliphatic heterocycles. The highest BCUT2D eigenvalue weighted by Crippen LogP contribution is 2.17. The van der Waals surface area contributed by atoms with Crippen molar-refractivity contribution in [3.8, 4) is 11.5 Å². The maximum Gasteiger partial charge on any atom is 0.257 e. The van der Waals surface area contributed by atoms with Gasteiger partial charge in [-0.05, 0) is 43.5 Å². The van der Waals surface area contributed by atoms with Gasteiger partial charge in [0.1, 0.15) is 0 Å². The van der Waals surface area contributed by atoms with Gasteiger partial charge in [-0.15, -0.1) is 0 Å². The third-order valence-corrected chi connectivity index (χ3v) is 3.16. The molecule has 0 fully saturated rings. The van der Waals surface area contributed by atoms with Crippen LogP contribution in [-0.4, -0.2) is 33.8 Å². The van der Waals surface area contributed by atoms with Crippen molar-refractivity contribution < 1.29 is 14.4 Å². The van der Waals surface area contributed by atoms with E-state index in [0.717, 1.165) is 5.56 Å². The van der Waals surface area contributed by atoms with Gasteiger partial charge in [0.25, 0.3) is 11.8 Å². The predicted molar refractivity (Wildman–Crippen MR) is 82.3 cm³/mol. The van der Waals surface area contributed by atoms with Crippen molar-refractivity contribution in [2.24, 2.45) is 5.92 Å². The predicted octanol–water partition coefficient (Wildman–Crippen LogP) is 2.18. The molecule has 0 spiro atoms. The van der Waals surface area contributed by atoms with E-state index in [0.29, 0.717) is 29.6 Å². The van der Waals surface area contributed by atoms with Crippen LogP contribution in [0.2, 0.25) is 0 Å². The molecule has 1 heterocycles. The summed E-state index contributed by atoms with van der Waals surface area (Å²) in [7, 11) is 0. The molecule has 2 N–H and O–H groups in total. The number of hydrogen-bond acceptors (Lipinski definition) is 5. The summed E-state index contributed by atoms with van der Waals surface area (Å²) < 4.78 is 5.07. The fourth-order valence-corrected chi connectivity index (χ4v) is 2.12. The first-order chi connectivity index (χ1) is 10.5. The number of carbonyl (C=O) groups is 1. The Kier molecular flexibility index (Phi) is 5.27. The highest BCUT2D eigenvalue weighted by Gasteiger charge is 2.12. The van der Waals surface area contributed by atoms with Gasteiger partial charge < -0.3 is 14.9 Å². The Hall–Kier alpha value is -2.21. The first kappa shape index (κ1) is 16.2. The molecule has 1 aromatic carbocycles. The molecule has 1 aromatic heterocycles. The lowest BCUT2D eigenvalue weighted by Gasteiger charge is -2.13. The minimum Gasteiger partial charge on any atom is -0.391 e. The Labute approximate surface area is 129 Å². The van der Waals surface area contributed by atoms with Crippen LogP contribution in [-0.2, 0) is 0 Å². The van der Waals surface area contributed by atoms with Gasteiger partial charge in [0.2, 0.25) is 0 Å². The van der Waals surface area contributed by atoms with Crippen molar-refractivity contribution in [1.82, 2.24) is 15.5 Å². The Morgan fingerprint density at radius 1 is 1.32 bits per heavy atom. The largest absolute Gasteiger partial charge is 0.391 e. The van der Waals surface area contributed by atoms with Crippen LogP contribution < -0.4 is 5.32 Å². The molecule has 0 bridgehead atoms. The first-order valence-corrected chi connectivity index (χ1v) is 7.32. The van der Waals surface area contributed by atoms with Crippen molar-refractivity contribution in [3.05, 3.63) is 35.7 Å². The Morgan fingerprint density at radius 2 is 2.00 bits per heavy atom. The molecule has 6 nitrogen and oxygen atoms in total. The Morgan fingerprint density at radius 3 is 2.55 bits per heavy atom. The standard InChI is InChI=1S/C16H21N3O3/c1-10(2)8-14(20)9-17-15(21)12-4-6-13(7-5-12)16-18-11(3)19-22-16/h4-7,10,14,20H,8-9H2,1-3H3,(H,17,21). The molecule has 118 valence electrons. The summed E-state index contributed by atoms with van der Waals surface area (Å²) >= 11 is 0. The van der Waals surface area contributed by atoms with Crippen molar-refractivity contribution in [2.75, 3.05) is 6.54 Å². The van der Waals surface area contributed by atoms with Gasteiger partial charge in [-0.2, -0.15) is 4.98 Å². The van der Waals surface area contributed by atoms with E-state index in [1.165, 1.54) is 0 Å². The zero-order valence-corrected chi connectivity index (χ0v) is 13.0. The second-order valence-corrected chi connectivity index (χ2v) is 5.72. The van der Waals surface area contributed by atoms with Crippen LogP contribution in [0.3, 0.4) is 0 Å². The highest BCUT2D eigenvalue weighted by molar-refractivity contribution is 5.94. The SMILES string of the molecule is Cc1noc(-c2ccc(C(=O)NCC(O)CC(C)C)cc2)n1. The van der Waals surface area contributed by atoms with E-state index in [1.807, 2.05) is 13.8 Å². The van der Waals surface area contributed by atoms with Crippen LogP contribution in [0, 0.1) is 12.8 Å². The van der Waals surface area contributed by atoms with E-state index in [2.05, 4.69) is 15.5 Å². The summed E-state index contributed by atoms with van der Waals surface area (Å²) in [5, 5.41) is 16.2. The van der Waals surface area contributed by atoms with Crippen LogP contribution in [0.1, 0.15) is 36.5 Å². The van der Waals surface area contributed by atoms with E-state index in [-0.39, 0.29) is 12.5 Å². The summed E-state index contributed by atoms with van der Waals surface area (Å²) in [5.41, 5.74) is 1.29. The number of rotatable bonds is 6. The molecule has 2 aromatic rings. The second-order valence-electron chi connectivity index (χ2n) is 5.72. The van der Waals surface area contributed by atoms with Gasteiger partial charge >= 0.3 is 0 Å². The quantitative estimate of drug-likeness (QED) is 0.854. The number of aryl methyl sites for hydroxylation is 1. The highest BCUT2D eigenvalue weighted by atomic mass is 16.5. The number of benzene rings is 1. The van der Waals surface area contributed by atoms with Gasteiger partial charge in [0, 0.05) is 17.7 Å². The smallest absolute Gasteiger partial charge is 0.257 e. The molecule has 2 rings (SSSR count). The molecule has 1 unspecified atom stereocenters. The van der Waals surface area contributed by atoms with Crippen molar-refractivity contribution in [2.45, 2.75) is 33.3 Å². The molecular weight excluding hydrogens is 282 g/mol. The molecule has 0 saturated heterocycles. The Bertz CT molecular complexity index is 620. The van der Waals surface area contributed by atoms with E-state index >= 15 is 0 Å². The lowest BCUT2D eigenvalue weighted by molar-refractivity contribution is 0.0900. The van der Waals surface area contributed by atoms with Gasteiger partial charge in [0.15, 0.2) is 5.82 Å². The lowest BCUT2D eigenvalue weighted by atomic mass is 10.1. The average molecular weight is 303 g/mol. The number of nitrogens with zero attached hydrogens (tertiary/aromatic N) is 2. The van der Waals surface area contributed by atoms with Crippen LogP contribution in [0.25, 0.3) is 11.5 Å². The number of amides is 1. The molecule has 6 heteroatoms. The normalized spacial score (nSPS) is 12.4. The van der Waals surface area contributed by atoms with Gasteiger partial charge in [0.05, 0.1) is 6.10 Å². The lowest BCUT2D eigenvalue weighted by Crippen LogP contribution is -2.32. The molecule has 0 aliphatic carbocycles. The number of aromatic nitrogens is 2. The van der Waals surface area contributed by atoms with E-state index < -0.39 is 6.10 Å². The minimum absolute atomic E-state index is 0.212. The number of hydrogen-bond donors (Lipinski definition) is 2. The molecule has 1 atom stereocenters. The van der Waals surface area contributed by atoms with Crippen molar-refractivity contribution in [1.29, 1.82) is 0 Å². The number of aliphatic hydroxyl groups is 1.